The molecule has 1 N–H and O–H groups in total. The number of benzene rings is 2. The lowest BCUT2D eigenvalue weighted by atomic mass is 9.71. The summed E-state index contributed by atoms with van der Waals surface area (Å²) in [5, 5.41) is 9.40. The summed E-state index contributed by atoms with van der Waals surface area (Å²) in [6.45, 7) is 3.00. The van der Waals surface area contributed by atoms with Crippen LogP contribution in [0.15, 0.2) is 65.0 Å². The number of hydrogen-bond donors (Lipinski definition) is 1. The molecule has 7 nitrogen and oxygen atoms in total. The number of allylic oxidation sites excluding steroid dienone is 4. The van der Waals surface area contributed by atoms with Gasteiger partial charge in [0.05, 0.1) is 16.6 Å². The number of nitrogens with zero attached hydrogens (tertiary/aromatic N) is 1. The van der Waals surface area contributed by atoms with Gasteiger partial charge in [0.25, 0.3) is 0 Å². The molecule has 5 rings (SSSR count). The SMILES string of the molecule is CCOc1cc(C2C3=C(CCCC3=O)N(CCC(=O)O)C3=C2C(=O)CCC3)cc(I)c1OCc1ccccc1. The second-order valence-electron chi connectivity index (χ2n) is 10.0. The maximum absolute atomic E-state index is 13.5. The molecule has 8 heteroatoms. The minimum atomic E-state index is -0.896. The van der Waals surface area contributed by atoms with Crippen molar-refractivity contribution in [1.29, 1.82) is 0 Å². The zero-order valence-electron chi connectivity index (χ0n) is 22.0. The molecule has 0 saturated heterocycles. The molecule has 2 aliphatic carbocycles. The number of carboxylic acids is 1. The number of aliphatic carboxylic acids is 1. The third-order valence-electron chi connectivity index (χ3n) is 7.53. The third kappa shape index (κ3) is 5.62. The molecular formula is C31H32INO6. The predicted octanol–water partition coefficient (Wildman–Crippen LogP) is 6.16. The topological polar surface area (TPSA) is 93.1 Å². The maximum atomic E-state index is 13.5. The second kappa shape index (κ2) is 11.9. The zero-order chi connectivity index (χ0) is 27.5. The van der Waals surface area contributed by atoms with E-state index in [9.17, 15) is 19.5 Å². The molecule has 0 spiro atoms. The van der Waals surface area contributed by atoms with Gasteiger partial charge in [-0.25, -0.2) is 0 Å². The van der Waals surface area contributed by atoms with Crippen molar-refractivity contribution >= 4 is 40.1 Å². The predicted molar refractivity (Wildman–Crippen MR) is 155 cm³/mol. The molecule has 0 unspecified atom stereocenters. The highest BCUT2D eigenvalue weighted by atomic mass is 127. The Kier molecular flexibility index (Phi) is 8.40. The van der Waals surface area contributed by atoms with Crippen molar-refractivity contribution in [2.75, 3.05) is 13.2 Å². The molecule has 0 aromatic heterocycles. The van der Waals surface area contributed by atoms with Gasteiger partial charge in [-0.2, -0.15) is 0 Å². The molecule has 0 amide bonds. The van der Waals surface area contributed by atoms with Crippen LogP contribution in [0.2, 0.25) is 0 Å². The highest BCUT2D eigenvalue weighted by molar-refractivity contribution is 14.1. The maximum Gasteiger partial charge on any atom is 0.305 e. The minimum absolute atomic E-state index is 0.0314. The molecule has 0 atom stereocenters. The van der Waals surface area contributed by atoms with Crippen LogP contribution in [0.1, 0.15) is 68.9 Å². The molecule has 1 aliphatic heterocycles. The van der Waals surface area contributed by atoms with E-state index in [0.29, 0.717) is 61.5 Å². The van der Waals surface area contributed by atoms with Crippen LogP contribution >= 0.6 is 22.6 Å². The van der Waals surface area contributed by atoms with Gasteiger partial charge in [-0.05, 0) is 78.5 Å². The van der Waals surface area contributed by atoms with Crippen LogP contribution in [-0.2, 0) is 21.0 Å². The summed E-state index contributed by atoms with van der Waals surface area (Å²) in [4.78, 5) is 40.5. The summed E-state index contributed by atoms with van der Waals surface area (Å²) in [6, 6.07) is 13.8. The first-order valence-electron chi connectivity index (χ1n) is 13.5. The Labute approximate surface area is 242 Å². The van der Waals surface area contributed by atoms with Gasteiger partial charge in [-0.3, -0.25) is 14.4 Å². The summed E-state index contributed by atoms with van der Waals surface area (Å²) in [7, 11) is 0. The summed E-state index contributed by atoms with van der Waals surface area (Å²) in [5.41, 5.74) is 4.90. The smallest absolute Gasteiger partial charge is 0.305 e. The van der Waals surface area contributed by atoms with Crippen molar-refractivity contribution in [3.05, 3.63) is 79.7 Å². The van der Waals surface area contributed by atoms with Gasteiger partial charge < -0.3 is 19.5 Å². The van der Waals surface area contributed by atoms with E-state index in [1.165, 1.54) is 0 Å². The fourth-order valence-electron chi connectivity index (χ4n) is 5.91. The van der Waals surface area contributed by atoms with Crippen LogP contribution in [0.5, 0.6) is 11.5 Å². The Morgan fingerprint density at radius 1 is 0.974 bits per heavy atom. The van der Waals surface area contributed by atoms with Crippen molar-refractivity contribution in [3.8, 4) is 11.5 Å². The third-order valence-corrected chi connectivity index (χ3v) is 8.33. The molecular weight excluding hydrogens is 609 g/mol. The largest absolute Gasteiger partial charge is 0.490 e. The molecule has 1 heterocycles. The van der Waals surface area contributed by atoms with E-state index in [4.69, 9.17) is 9.47 Å². The Hall–Kier alpha value is -3.14. The average Bonchev–Trinajstić information content (AvgIpc) is 2.92. The highest BCUT2D eigenvalue weighted by Crippen LogP contribution is 2.50. The number of carboxylic acid groups (broad SMARTS) is 1. The highest BCUT2D eigenvalue weighted by Gasteiger charge is 2.43. The first kappa shape index (κ1) is 27.4. The van der Waals surface area contributed by atoms with E-state index >= 15 is 0 Å². The van der Waals surface area contributed by atoms with Gasteiger partial charge in [0.15, 0.2) is 23.1 Å². The molecule has 204 valence electrons. The average molecular weight is 642 g/mol. The molecule has 2 aromatic rings. The zero-order valence-corrected chi connectivity index (χ0v) is 24.2. The van der Waals surface area contributed by atoms with Crippen LogP contribution in [-0.4, -0.2) is 40.7 Å². The summed E-state index contributed by atoms with van der Waals surface area (Å²) in [5.74, 6) is -0.107. The first-order valence-corrected chi connectivity index (χ1v) is 14.6. The van der Waals surface area contributed by atoms with Gasteiger partial charge in [0.1, 0.15) is 6.61 Å². The number of ether oxygens (including phenoxy) is 2. The lowest BCUT2D eigenvalue weighted by molar-refractivity contribution is -0.137. The van der Waals surface area contributed by atoms with Crippen molar-refractivity contribution < 1.29 is 29.0 Å². The van der Waals surface area contributed by atoms with Crippen LogP contribution in [0.25, 0.3) is 0 Å². The molecule has 0 fully saturated rings. The van der Waals surface area contributed by atoms with Crippen molar-refractivity contribution in [1.82, 2.24) is 4.90 Å². The molecule has 3 aliphatic rings. The summed E-state index contributed by atoms with van der Waals surface area (Å²) in [6.07, 6.45) is 3.61. The second-order valence-corrected chi connectivity index (χ2v) is 11.2. The van der Waals surface area contributed by atoms with Crippen molar-refractivity contribution in [3.63, 3.8) is 0 Å². The number of carbonyl (C=O) groups excluding carboxylic acids is 2. The van der Waals surface area contributed by atoms with Crippen LogP contribution < -0.4 is 9.47 Å². The fourth-order valence-corrected chi connectivity index (χ4v) is 6.70. The Morgan fingerprint density at radius 2 is 1.62 bits per heavy atom. The van der Waals surface area contributed by atoms with Gasteiger partial charge in [-0.1, -0.05) is 30.3 Å². The van der Waals surface area contributed by atoms with Gasteiger partial charge in [0.2, 0.25) is 0 Å². The standard InChI is InChI=1S/C31H32INO6/c1-2-38-26-17-20(16-21(32)31(26)39-18-19-8-4-3-5-9-19)28-29-22(10-6-12-24(29)34)33(15-14-27(36)37)23-11-7-13-25(35)30(23)28/h3-5,8-9,16-17,28H,2,6-7,10-15,18H2,1H3,(H,36,37). The van der Waals surface area contributed by atoms with Gasteiger partial charge in [0, 0.05) is 47.8 Å². The minimum Gasteiger partial charge on any atom is -0.490 e. The molecule has 39 heavy (non-hydrogen) atoms. The van der Waals surface area contributed by atoms with E-state index in [1.54, 1.807) is 0 Å². The number of Topliss-reactive ketones (excluding diaryl/α,β-unsaturated/α-hetero) is 2. The first-order chi connectivity index (χ1) is 18.9. The van der Waals surface area contributed by atoms with Crippen LogP contribution in [0.4, 0.5) is 0 Å². The van der Waals surface area contributed by atoms with E-state index in [1.807, 2.05) is 54.3 Å². The fraction of sp³-hybridized carbons (Fsp3) is 0.387. The number of halogens is 1. The number of hydrogen-bond acceptors (Lipinski definition) is 6. The number of rotatable bonds is 9. The number of carbonyl (C=O) groups is 3. The van der Waals surface area contributed by atoms with Crippen LogP contribution in [0, 0.1) is 3.57 Å². The molecule has 2 aromatic carbocycles. The van der Waals surface area contributed by atoms with E-state index in [0.717, 1.165) is 38.9 Å². The quantitative estimate of drug-likeness (QED) is 0.328. The Bertz CT molecular complexity index is 1320. The lowest BCUT2D eigenvalue weighted by Gasteiger charge is -2.44. The van der Waals surface area contributed by atoms with Gasteiger partial charge in [-0.15, -0.1) is 0 Å². The molecule has 0 radical (unpaired) electrons. The molecule has 0 bridgehead atoms. The van der Waals surface area contributed by atoms with E-state index in [2.05, 4.69) is 22.6 Å². The Morgan fingerprint density at radius 3 is 2.21 bits per heavy atom. The lowest BCUT2D eigenvalue weighted by Crippen LogP contribution is -2.40. The summed E-state index contributed by atoms with van der Waals surface area (Å²) < 4.78 is 13.1. The van der Waals surface area contributed by atoms with E-state index < -0.39 is 11.9 Å². The van der Waals surface area contributed by atoms with Crippen LogP contribution in [0.3, 0.4) is 0 Å². The van der Waals surface area contributed by atoms with Crippen molar-refractivity contribution in [2.45, 2.75) is 64.4 Å². The number of ketones is 2. The summed E-state index contributed by atoms with van der Waals surface area (Å²) >= 11 is 2.24. The van der Waals surface area contributed by atoms with E-state index in [-0.39, 0.29) is 24.5 Å². The van der Waals surface area contributed by atoms with Gasteiger partial charge >= 0.3 is 5.97 Å². The molecule has 0 saturated carbocycles. The van der Waals surface area contributed by atoms with Crippen molar-refractivity contribution in [2.24, 2.45) is 0 Å². The normalized spacial score (nSPS) is 17.7. The monoisotopic (exact) mass is 641 g/mol. The Balaban J connectivity index is 1.61.